The molecule has 0 aliphatic carbocycles. The molecule has 0 aromatic heterocycles. The molecule has 3 aromatic rings. The fraction of sp³-hybridized carbons (Fsp3) is 0.241. The lowest BCUT2D eigenvalue weighted by Crippen LogP contribution is -2.66. The van der Waals surface area contributed by atoms with Crippen LogP contribution < -0.4 is 10.4 Å². The summed E-state index contributed by atoms with van der Waals surface area (Å²) in [6.07, 6.45) is 3.99. The molecule has 0 aliphatic rings. The van der Waals surface area contributed by atoms with Crippen molar-refractivity contribution < 1.29 is 9.53 Å². The Hall–Kier alpha value is -2.72. The third-order valence-electron chi connectivity index (χ3n) is 5.79. The SMILES string of the molecule is C=C(/C=C/CC(O)c1ccccc1)CO[Si](c1ccccc1)(c1ccccc1)C(C)(C)C. The minimum absolute atomic E-state index is 0.0663. The third-order valence-corrected chi connectivity index (χ3v) is 10.8. The molecule has 1 unspecified atom stereocenters. The van der Waals surface area contributed by atoms with Crippen LogP contribution in [-0.2, 0) is 4.43 Å². The monoisotopic (exact) mass is 442 g/mol. The molecule has 0 saturated heterocycles. The van der Waals surface area contributed by atoms with Gasteiger partial charge in [0.25, 0.3) is 8.32 Å². The zero-order valence-electron chi connectivity index (χ0n) is 19.4. The second-order valence-corrected chi connectivity index (χ2v) is 13.5. The molecule has 0 spiro atoms. The highest BCUT2D eigenvalue weighted by Gasteiger charge is 2.50. The van der Waals surface area contributed by atoms with Crippen LogP contribution in [0.1, 0.15) is 38.9 Å². The van der Waals surface area contributed by atoms with E-state index in [1.165, 1.54) is 10.4 Å². The van der Waals surface area contributed by atoms with Gasteiger partial charge < -0.3 is 9.53 Å². The highest BCUT2D eigenvalue weighted by Crippen LogP contribution is 2.37. The van der Waals surface area contributed by atoms with Gasteiger partial charge in [-0.15, -0.1) is 0 Å². The van der Waals surface area contributed by atoms with Crippen LogP contribution in [0.15, 0.2) is 115 Å². The van der Waals surface area contributed by atoms with Gasteiger partial charge in [-0.2, -0.15) is 0 Å². The smallest absolute Gasteiger partial charge is 0.261 e. The van der Waals surface area contributed by atoms with Crippen molar-refractivity contribution in [1.82, 2.24) is 0 Å². The maximum absolute atomic E-state index is 10.4. The first kappa shape index (κ1) is 23.9. The van der Waals surface area contributed by atoms with E-state index in [0.717, 1.165) is 11.1 Å². The molecule has 0 heterocycles. The predicted molar refractivity (Wildman–Crippen MR) is 138 cm³/mol. The number of hydrogen-bond donors (Lipinski definition) is 1. The van der Waals surface area contributed by atoms with Gasteiger partial charge in [0.15, 0.2) is 0 Å². The van der Waals surface area contributed by atoms with Crippen molar-refractivity contribution in [2.45, 2.75) is 38.3 Å². The van der Waals surface area contributed by atoms with E-state index in [2.05, 4.69) is 88.0 Å². The van der Waals surface area contributed by atoms with Crippen LogP contribution >= 0.6 is 0 Å². The standard InChI is InChI=1S/C29H34O2Si/c1-24(15-14-22-28(30)25-16-8-5-9-17-25)23-31-32(29(2,3)4,26-18-10-6-11-19-26)27-20-12-7-13-21-27/h5-21,28,30H,1,22-23H2,2-4H3/b15-14+. The number of aliphatic hydroxyl groups is 1. The van der Waals surface area contributed by atoms with E-state index in [-0.39, 0.29) is 5.04 Å². The molecule has 0 bridgehead atoms. The summed E-state index contributed by atoms with van der Waals surface area (Å²) in [5.74, 6) is 0. The largest absolute Gasteiger partial charge is 0.403 e. The summed E-state index contributed by atoms with van der Waals surface area (Å²) < 4.78 is 6.90. The van der Waals surface area contributed by atoms with Gasteiger partial charge in [-0.1, -0.05) is 130 Å². The van der Waals surface area contributed by atoms with Crippen LogP contribution in [0.2, 0.25) is 5.04 Å². The highest BCUT2D eigenvalue weighted by atomic mass is 28.4. The lowest BCUT2D eigenvalue weighted by molar-refractivity contribution is 0.181. The van der Waals surface area contributed by atoms with Crippen LogP contribution in [0.3, 0.4) is 0 Å². The van der Waals surface area contributed by atoms with Crippen molar-refractivity contribution >= 4 is 18.7 Å². The molecular weight excluding hydrogens is 408 g/mol. The molecule has 0 fully saturated rings. The molecular formula is C29H34O2Si. The normalized spacial score (nSPS) is 13.2. The quantitative estimate of drug-likeness (QED) is 0.335. The van der Waals surface area contributed by atoms with Crippen molar-refractivity contribution in [2.75, 3.05) is 6.61 Å². The van der Waals surface area contributed by atoms with E-state index in [1.54, 1.807) is 0 Å². The fourth-order valence-electron chi connectivity index (χ4n) is 4.19. The average Bonchev–Trinajstić information content (AvgIpc) is 2.80. The Labute approximate surface area is 194 Å². The summed E-state index contributed by atoms with van der Waals surface area (Å²) in [7, 11) is -2.57. The van der Waals surface area contributed by atoms with Crippen molar-refractivity contribution in [3.05, 3.63) is 121 Å². The van der Waals surface area contributed by atoms with Gasteiger partial charge in [0.1, 0.15) is 0 Å². The maximum Gasteiger partial charge on any atom is 0.261 e. The Morgan fingerprint density at radius 1 is 0.875 bits per heavy atom. The first-order valence-electron chi connectivity index (χ1n) is 11.2. The molecule has 166 valence electrons. The van der Waals surface area contributed by atoms with Gasteiger partial charge in [0.2, 0.25) is 0 Å². The third kappa shape index (κ3) is 5.55. The second kappa shape index (κ2) is 10.7. The van der Waals surface area contributed by atoms with Crippen LogP contribution in [-0.4, -0.2) is 20.0 Å². The van der Waals surface area contributed by atoms with Crippen LogP contribution in [0.5, 0.6) is 0 Å². The lowest BCUT2D eigenvalue weighted by Gasteiger charge is -2.43. The summed E-state index contributed by atoms with van der Waals surface area (Å²) in [6, 6.07) is 31.0. The number of aliphatic hydroxyl groups excluding tert-OH is 1. The summed E-state index contributed by atoms with van der Waals surface area (Å²) in [5, 5.41) is 12.8. The van der Waals surface area contributed by atoms with E-state index in [0.29, 0.717) is 13.0 Å². The first-order chi connectivity index (χ1) is 15.3. The summed E-state index contributed by atoms with van der Waals surface area (Å²) in [4.78, 5) is 0. The zero-order valence-corrected chi connectivity index (χ0v) is 20.4. The molecule has 1 atom stereocenters. The Morgan fingerprint density at radius 2 is 1.34 bits per heavy atom. The van der Waals surface area contributed by atoms with Gasteiger partial charge in [-0.25, -0.2) is 0 Å². The lowest BCUT2D eigenvalue weighted by atomic mass is 10.1. The number of hydrogen-bond acceptors (Lipinski definition) is 2. The minimum Gasteiger partial charge on any atom is -0.403 e. The second-order valence-electron chi connectivity index (χ2n) is 9.17. The maximum atomic E-state index is 10.4. The van der Waals surface area contributed by atoms with Gasteiger partial charge in [-0.05, 0) is 33.0 Å². The van der Waals surface area contributed by atoms with E-state index in [1.807, 2.05) is 42.5 Å². The Kier molecular flexibility index (Phi) is 8.03. The molecule has 0 radical (unpaired) electrons. The molecule has 0 amide bonds. The van der Waals surface area contributed by atoms with E-state index in [4.69, 9.17) is 4.43 Å². The molecule has 3 aromatic carbocycles. The van der Waals surface area contributed by atoms with E-state index < -0.39 is 14.4 Å². The van der Waals surface area contributed by atoms with E-state index in [9.17, 15) is 5.11 Å². The Balaban J connectivity index is 1.79. The Morgan fingerprint density at radius 3 is 1.81 bits per heavy atom. The zero-order chi connectivity index (χ0) is 23.0. The van der Waals surface area contributed by atoms with Crippen LogP contribution in [0, 0.1) is 0 Å². The van der Waals surface area contributed by atoms with Crippen molar-refractivity contribution in [3.8, 4) is 0 Å². The fourth-order valence-corrected chi connectivity index (χ4v) is 8.74. The van der Waals surface area contributed by atoms with Crippen molar-refractivity contribution in [2.24, 2.45) is 0 Å². The topological polar surface area (TPSA) is 29.5 Å². The first-order valence-corrected chi connectivity index (χ1v) is 13.1. The number of benzene rings is 3. The van der Waals surface area contributed by atoms with Crippen LogP contribution in [0.4, 0.5) is 0 Å². The average molecular weight is 443 g/mol. The molecule has 2 nitrogen and oxygen atoms in total. The summed E-state index contributed by atoms with van der Waals surface area (Å²) in [6.45, 7) is 11.5. The van der Waals surface area contributed by atoms with Crippen molar-refractivity contribution in [1.29, 1.82) is 0 Å². The van der Waals surface area contributed by atoms with Gasteiger partial charge in [0, 0.05) is 0 Å². The molecule has 3 heteroatoms. The number of rotatable bonds is 9. The van der Waals surface area contributed by atoms with Gasteiger partial charge in [-0.3, -0.25) is 0 Å². The molecule has 0 saturated carbocycles. The molecule has 3 rings (SSSR count). The summed E-state index contributed by atoms with van der Waals surface area (Å²) >= 11 is 0. The van der Waals surface area contributed by atoms with Gasteiger partial charge >= 0.3 is 0 Å². The molecule has 32 heavy (non-hydrogen) atoms. The molecule has 1 N–H and O–H groups in total. The molecule has 0 aliphatic heterocycles. The van der Waals surface area contributed by atoms with Crippen molar-refractivity contribution in [3.63, 3.8) is 0 Å². The predicted octanol–water partition coefficient (Wildman–Crippen LogP) is 5.80. The van der Waals surface area contributed by atoms with Gasteiger partial charge in [0.05, 0.1) is 12.7 Å². The van der Waals surface area contributed by atoms with E-state index >= 15 is 0 Å². The Bertz CT molecular complexity index is 966. The highest BCUT2D eigenvalue weighted by molar-refractivity contribution is 6.99. The summed E-state index contributed by atoms with van der Waals surface area (Å²) in [5.41, 5.74) is 1.82. The minimum atomic E-state index is -2.57. The van der Waals surface area contributed by atoms with Crippen LogP contribution in [0.25, 0.3) is 0 Å².